The number of carboxylic acids is 2. The fourth-order valence-corrected chi connectivity index (χ4v) is 6.51. The van der Waals surface area contributed by atoms with Gasteiger partial charge >= 0.3 is 11.9 Å². The van der Waals surface area contributed by atoms with E-state index in [-0.39, 0.29) is 17.6 Å². The van der Waals surface area contributed by atoms with E-state index >= 15 is 0 Å². The molecule has 6 nitrogen and oxygen atoms in total. The van der Waals surface area contributed by atoms with Gasteiger partial charge in [0.15, 0.2) is 6.61 Å². The summed E-state index contributed by atoms with van der Waals surface area (Å²) in [5, 5.41) is 18.2. The predicted octanol–water partition coefficient (Wildman–Crippen LogP) is 4.79. The quantitative estimate of drug-likeness (QED) is 0.704. The van der Waals surface area contributed by atoms with Crippen molar-refractivity contribution >= 4 is 17.5 Å². The van der Waals surface area contributed by atoms with Crippen molar-refractivity contribution < 1.29 is 24.5 Å². The molecule has 6 heteroatoms. The highest BCUT2D eigenvalue weighted by molar-refractivity contribution is 5.88. The molecule has 0 spiro atoms. The number of aryl methyl sites for hydroxylation is 1. The molecule has 2 aromatic rings. The molecule has 0 saturated heterocycles. The molecule has 1 fully saturated rings. The molecule has 3 aliphatic rings. The van der Waals surface area contributed by atoms with E-state index in [2.05, 4.69) is 24.1 Å². The molecule has 32 heavy (non-hydrogen) atoms. The standard InChI is InChI=1S/C26H27NO5/c1-26-9-8-20-19-5-3-18(32-14-24(28)29)11-15(19)2-4-21(20)23(26)7-6-22(26)16-10-17(25(30)31)13-27-12-16/h3,5-6,10-13,20-21,23H,2,4,7-9,14H2,1H3,(H,28,29)(H,30,31)/t20-,21-,23+,26-/m1/s1. The monoisotopic (exact) mass is 433 g/mol. The molecule has 3 aliphatic carbocycles. The lowest BCUT2D eigenvalue weighted by atomic mass is 9.54. The van der Waals surface area contributed by atoms with Gasteiger partial charge in [0.25, 0.3) is 0 Å². The van der Waals surface area contributed by atoms with Crippen LogP contribution in [-0.4, -0.2) is 33.7 Å². The summed E-state index contributed by atoms with van der Waals surface area (Å²) in [6.45, 7) is 2.02. The van der Waals surface area contributed by atoms with Crippen molar-refractivity contribution in [2.75, 3.05) is 6.61 Å². The van der Waals surface area contributed by atoms with Crippen LogP contribution in [0.1, 0.15) is 65.6 Å². The van der Waals surface area contributed by atoms with Gasteiger partial charge in [-0.2, -0.15) is 0 Å². The number of carboxylic acid groups (broad SMARTS) is 2. The van der Waals surface area contributed by atoms with Gasteiger partial charge in [0, 0.05) is 12.4 Å². The molecule has 1 saturated carbocycles. The Bertz CT molecular complexity index is 1120. The van der Waals surface area contributed by atoms with Gasteiger partial charge in [0.2, 0.25) is 0 Å². The zero-order chi connectivity index (χ0) is 22.5. The largest absolute Gasteiger partial charge is 0.482 e. The summed E-state index contributed by atoms with van der Waals surface area (Å²) < 4.78 is 5.39. The molecule has 5 rings (SSSR count). The summed E-state index contributed by atoms with van der Waals surface area (Å²) in [7, 11) is 0. The Kier molecular flexibility index (Phi) is 5.03. The lowest BCUT2D eigenvalue weighted by Crippen LogP contribution is -2.40. The molecule has 2 N–H and O–H groups in total. The Morgan fingerprint density at radius 2 is 2.03 bits per heavy atom. The number of allylic oxidation sites excluding steroid dienone is 2. The van der Waals surface area contributed by atoms with Crippen LogP contribution in [0.15, 0.2) is 42.7 Å². The Balaban J connectivity index is 1.39. The molecule has 0 bridgehead atoms. The van der Waals surface area contributed by atoms with Gasteiger partial charge in [-0.25, -0.2) is 9.59 Å². The Morgan fingerprint density at radius 1 is 1.19 bits per heavy atom. The second-order valence-corrected chi connectivity index (χ2v) is 9.54. The second-order valence-electron chi connectivity index (χ2n) is 9.54. The number of pyridine rings is 1. The van der Waals surface area contributed by atoms with Gasteiger partial charge in [-0.15, -0.1) is 0 Å². The van der Waals surface area contributed by atoms with Gasteiger partial charge in [-0.05, 0) is 95.7 Å². The maximum Gasteiger partial charge on any atom is 0.341 e. The third-order valence-electron chi connectivity index (χ3n) is 7.94. The van der Waals surface area contributed by atoms with Crippen LogP contribution in [0.2, 0.25) is 0 Å². The number of aliphatic carboxylic acids is 1. The van der Waals surface area contributed by atoms with Crippen LogP contribution in [0.5, 0.6) is 5.75 Å². The first-order valence-electron chi connectivity index (χ1n) is 11.2. The summed E-state index contributed by atoms with van der Waals surface area (Å²) in [5.74, 6) is 0.321. The van der Waals surface area contributed by atoms with Crippen LogP contribution in [0.25, 0.3) is 5.57 Å². The third-order valence-corrected chi connectivity index (χ3v) is 7.94. The molecule has 0 radical (unpaired) electrons. The number of aromatic carboxylic acids is 1. The van der Waals surface area contributed by atoms with Crippen LogP contribution in [-0.2, 0) is 11.2 Å². The van der Waals surface area contributed by atoms with E-state index in [0.29, 0.717) is 23.5 Å². The maximum atomic E-state index is 11.4. The minimum Gasteiger partial charge on any atom is -0.482 e. The number of fused-ring (bicyclic) bond motifs is 5. The van der Waals surface area contributed by atoms with E-state index in [0.717, 1.165) is 37.7 Å². The van der Waals surface area contributed by atoms with Crippen LogP contribution < -0.4 is 4.74 Å². The first kappa shape index (κ1) is 20.7. The van der Waals surface area contributed by atoms with Crippen molar-refractivity contribution in [1.82, 2.24) is 4.98 Å². The number of rotatable bonds is 5. The molecule has 4 atom stereocenters. The van der Waals surface area contributed by atoms with Crippen molar-refractivity contribution in [3.63, 3.8) is 0 Å². The van der Waals surface area contributed by atoms with Crippen molar-refractivity contribution in [2.45, 2.75) is 44.9 Å². The minimum absolute atomic E-state index is 0.0298. The lowest BCUT2D eigenvalue weighted by Gasteiger charge is -2.50. The summed E-state index contributed by atoms with van der Waals surface area (Å²) >= 11 is 0. The van der Waals surface area contributed by atoms with E-state index in [9.17, 15) is 14.7 Å². The van der Waals surface area contributed by atoms with Gasteiger partial charge in [0.05, 0.1) is 5.56 Å². The fraction of sp³-hybridized carbons (Fsp3) is 0.423. The summed E-state index contributed by atoms with van der Waals surface area (Å²) in [5.41, 5.74) is 5.11. The molecule has 0 unspecified atom stereocenters. The molecule has 0 aliphatic heterocycles. The number of aromatic nitrogens is 1. The van der Waals surface area contributed by atoms with Crippen molar-refractivity contribution in [1.29, 1.82) is 0 Å². The van der Waals surface area contributed by atoms with Gasteiger partial charge in [-0.1, -0.05) is 19.1 Å². The maximum absolute atomic E-state index is 11.4. The van der Waals surface area contributed by atoms with E-state index in [1.807, 2.05) is 12.1 Å². The van der Waals surface area contributed by atoms with Crippen LogP contribution in [0.4, 0.5) is 0 Å². The molecular weight excluding hydrogens is 406 g/mol. The van der Waals surface area contributed by atoms with Crippen LogP contribution in [0, 0.1) is 17.3 Å². The number of hydrogen-bond acceptors (Lipinski definition) is 4. The zero-order valence-corrected chi connectivity index (χ0v) is 18.1. The number of ether oxygens (including phenoxy) is 1. The predicted molar refractivity (Wildman–Crippen MR) is 119 cm³/mol. The summed E-state index contributed by atoms with van der Waals surface area (Å²) in [6, 6.07) is 7.81. The highest BCUT2D eigenvalue weighted by Gasteiger charge is 2.52. The number of hydrogen-bond donors (Lipinski definition) is 2. The van der Waals surface area contributed by atoms with Crippen LogP contribution >= 0.6 is 0 Å². The normalized spacial score (nSPS) is 28.2. The molecule has 0 amide bonds. The van der Waals surface area contributed by atoms with Gasteiger partial charge in [-0.3, -0.25) is 4.98 Å². The van der Waals surface area contributed by atoms with Gasteiger partial charge in [0.1, 0.15) is 5.75 Å². The van der Waals surface area contributed by atoms with E-state index in [1.165, 1.54) is 22.9 Å². The van der Waals surface area contributed by atoms with E-state index < -0.39 is 11.9 Å². The highest BCUT2D eigenvalue weighted by Crippen LogP contribution is 2.63. The third kappa shape index (κ3) is 3.38. The molecular formula is C26H27NO5. The van der Waals surface area contributed by atoms with Crippen molar-refractivity contribution in [2.24, 2.45) is 17.3 Å². The average Bonchev–Trinajstić information content (AvgIpc) is 3.14. The number of carbonyl (C=O) groups is 2. The minimum atomic E-state index is -0.969. The number of benzene rings is 1. The van der Waals surface area contributed by atoms with E-state index in [1.54, 1.807) is 12.3 Å². The Labute approximate surface area is 187 Å². The van der Waals surface area contributed by atoms with Crippen molar-refractivity contribution in [3.05, 3.63) is 65.0 Å². The second kappa shape index (κ2) is 7.76. The smallest absolute Gasteiger partial charge is 0.341 e. The molecule has 166 valence electrons. The highest BCUT2D eigenvalue weighted by atomic mass is 16.5. The Morgan fingerprint density at radius 3 is 2.81 bits per heavy atom. The summed E-state index contributed by atoms with van der Waals surface area (Å²) in [6.07, 6.45) is 10.8. The lowest BCUT2D eigenvalue weighted by molar-refractivity contribution is -0.139. The van der Waals surface area contributed by atoms with Gasteiger partial charge < -0.3 is 14.9 Å². The number of nitrogens with zero attached hydrogens (tertiary/aromatic N) is 1. The zero-order valence-electron chi connectivity index (χ0n) is 18.1. The van der Waals surface area contributed by atoms with Crippen LogP contribution in [0.3, 0.4) is 0 Å². The van der Waals surface area contributed by atoms with E-state index in [4.69, 9.17) is 9.84 Å². The van der Waals surface area contributed by atoms with Crippen molar-refractivity contribution in [3.8, 4) is 5.75 Å². The molecule has 1 aromatic heterocycles. The molecule has 1 aromatic carbocycles. The SMILES string of the molecule is C[C@]12CC[C@@H]3c4ccc(OCC(=O)O)cc4CC[C@H]3[C@@H]1CC=C2c1cncc(C(=O)O)c1. The molecule has 1 heterocycles. The average molecular weight is 434 g/mol. The first-order chi connectivity index (χ1) is 15.4. The summed E-state index contributed by atoms with van der Waals surface area (Å²) in [4.78, 5) is 26.4. The first-order valence-corrected chi connectivity index (χ1v) is 11.2. The fourth-order valence-electron chi connectivity index (χ4n) is 6.51. The topological polar surface area (TPSA) is 96.7 Å². The Hall–Kier alpha value is -3.15.